The molecule has 3 saturated heterocycles. The van der Waals surface area contributed by atoms with Crippen molar-refractivity contribution in [2.24, 2.45) is 11.1 Å². The van der Waals surface area contributed by atoms with E-state index in [4.69, 9.17) is 24.7 Å². The zero-order valence-corrected chi connectivity index (χ0v) is 18.4. The van der Waals surface area contributed by atoms with E-state index in [1.807, 2.05) is 0 Å². The van der Waals surface area contributed by atoms with Gasteiger partial charge < -0.3 is 60.4 Å². The van der Waals surface area contributed by atoms with Crippen molar-refractivity contribution < 1.29 is 59.5 Å². The highest BCUT2D eigenvalue weighted by molar-refractivity contribution is 5.75. The van der Waals surface area contributed by atoms with Crippen molar-refractivity contribution in [3.63, 3.8) is 0 Å². The van der Waals surface area contributed by atoms with Crippen LogP contribution >= 0.6 is 0 Å². The van der Waals surface area contributed by atoms with Crippen LogP contribution in [0.2, 0.25) is 0 Å². The molecule has 0 aromatic heterocycles. The second kappa shape index (κ2) is 10.3. The van der Waals surface area contributed by atoms with Gasteiger partial charge in [0, 0.05) is 20.1 Å². The van der Waals surface area contributed by atoms with E-state index in [0.717, 1.165) is 13.5 Å². The maximum Gasteiger partial charge on any atom is 0.218 e. The second-order valence-corrected chi connectivity index (χ2v) is 9.03. The van der Waals surface area contributed by atoms with Crippen molar-refractivity contribution in [3.8, 4) is 0 Å². The van der Waals surface area contributed by atoms with Gasteiger partial charge in [0.05, 0.1) is 30.8 Å². The first-order valence-corrected chi connectivity index (χ1v) is 11.0. The van der Waals surface area contributed by atoms with Gasteiger partial charge in [-0.05, 0) is 19.3 Å². The lowest BCUT2D eigenvalue weighted by Crippen LogP contribution is -2.82. The van der Waals surface area contributed by atoms with Gasteiger partial charge in [-0.25, -0.2) is 0 Å². The van der Waals surface area contributed by atoms with Crippen molar-refractivity contribution in [1.29, 1.82) is 0 Å². The van der Waals surface area contributed by atoms with Gasteiger partial charge in [0.25, 0.3) is 0 Å². The number of carbonyl (C=O) groups is 1. The Kier molecular flexibility index (Phi) is 8.34. The van der Waals surface area contributed by atoms with Crippen LogP contribution in [-0.4, -0.2) is 129 Å². The van der Waals surface area contributed by atoms with Gasteiger partial charge in [0.1, 0.15) is 42.2 Å². The van der Waals surface area contributed by atoms with Crippen LogP contribution in [-0.2, 0) is 23.7 Å². The summed E-state index contributed by atoms with van der Waals surface area (Å²) >= 11 is 0. The van der Waals surface area contributed by atoms with E-state index in [0.29, 0.717) is 19.4 Å². The van der Waals surface area contributed by atoms with Crippen LogP contribution in [0, 0.1) is 5.41 Å². The van der Waals surface area contributed by atoms with E-state index in [2.05, 4.69) is 0 Å². The molecule has 3 rings (SSSR count). The van der Waals surface area contributed by atoms with Gasteiger partial charge in [0.2, 0.25) is 5.91 Å². The summed E-state index contributed by atoms with van der Waals surface area (Å²) in [4.78, 5) is 12.2. The van der Waals surface area contributed by atoms with E-state index >= 15 is 0 Å². The lowest BCUT2D eigenvalue weighted by atomic mass is 9.55. The summed E-state index contributed by atoms with van der Waals surface area (Å²) in [7, 11) is 1.12. The minimum absolute atomic E-state index is 0.341. The Hall–Kier alpha value is -0.970. The molecule has 2 unspecified atom stereocenters. The number of aliphatic hydroxyl groups is 7. The molecule has 13 heteroatoms. The third kappa shape index (κ3) is 4.29. The van der Waals surface area contributed by atoms with E-state index in [-0.39, 0.29) is 0 Å². The van der Waals surface area contributed by atoms with Crippen LogP contribution in [0.1, 0.15) is 25.7 Å². The predicted molar refractivity (Wildman–Crippen MR) is 107 cm³/mol. The molecule has 0 radical (unpaired) electrons. The third-order valence-corrected chi connectivity index (χ3v) is 7.16. The lowest BCUT2D eigenvalue weighted by Gasteiger charge is -2.62. The van der Waals surface area contributed by atoms with Crippen LogP contribution in [0.3, 0.4) is 0 Å². The van der Waals surface area contributed by atoms with Crippen LogP contribution in [0.5, 0.6) is 0 Å². The number of primary amides is 1. The summed E-state index contributed by atoms with van der Waals surface area (Å²) < 4.78 is 22.0. The Labute approximate surface area is 190 Å². The highest BCUT2D eigenvalue weighted by atomic mass is 16.7. The molecule has 33 heavy (non-hydrogen) atoms. The molecule has 3 heterocycles. The molecule has 13 nitrogen and oxygen atoms in total. The van der Waals surface area contributed by atoms with Crippen LogP contribution in [0.25, 0.3) is 0 Å². The van der Waals surface area contributed by atoms with Gasteiger partial charge in [-0.15, -0.1) is 0 Å². The topological polar surface area (TPSA) is 222 Å². The maximum atomic E-state index is 12.2. The fraction of sp³-hybridized carbons (Fsp3) is 0.950. The standard InChI is InChI=1S/C20H35NO12/c1-30-18-19(6-12(21)24,16(28)13(25)11(7-22)33-18)20(29)15(27)9(23)8-32-17(20)14(26)10-4-2-3-5-31-10/h9-11,13-18,22-23,25-29H,2-8H2,1H3,(H2,21,24)/t9-,10?,11+,13+,14?,15+,16-,17+,18-,19-,20-/m0/s1. The number of carbonyl (C=O) groups excluding carboxylic acids is 1. The van der Waals surface area contributed by atoms with Crippen molar-refractivity contribution >= 4 is 5.91 Å². The first kappa shape index (κ1) is 26.6. The van der Waals surface area contributed by atoms with Gasteiger partial charge in [-0.1, -0.05) is 0 Å². The molecule has 3 aliphatic rings. The number of amides is 1. The molecule has 0 aliphatic carbocycles. The Morgan fingerprint density at radius 3 is 2.42 bits per heavy atom. The SMILES string of the molecule is CO[C@H]1O[C@H](CO)[C@@H](O)[C@H](O)[C@]1(CC(N)=O)[C@@]1(O)[C@@H](C(O)C2CCCCO2)OC[C@H](O)[C@H]1O. The van der Waals surface area contributed by atoms with E-state index in [1.54, 1.807) is 0 Å². The molecule has 1 amide bonds. The molecule has 0 spiro atoms. The van der Waals surface area contributed by atoms with Gasteiger partial charge in [-0.2, -0.15) is 0 Å². The molecule has 11 atom stereocenters. The average molecular weight is 481 g/mol. The zero-order chi connectivity index (χ0) is 24.6. The Balaban J connectivity index is 2.17. The molecule has 3 aliphatic heterocycles. The van der Waals surface area contributed by atoms with Gasteiger partial charge >= 0.3 is 0 Å². The number of ether oxygens (including phenoxy) is 4. The molecule has 0 saturated carbocycles. The Morgan fingerprint density at radius 2 is 1.88 bits per heavy atom. The molecule has 9 N–H and O–H groups in total. The number of rotatable bonds is 7. The Morgan fingerprint density at radius 1 is 1.18 bits per heavy atom. The van der Waals surface area contributed by atoms with Crippen molar-refractivity contribution in [2.75, 3.05) is 26.9 Å². The third-order valence-electron chi connectivity index (χ3n) is 7.16. The average Bonchev–Trinajstić information content (AvgIpc) is 2.80. The normalized spacial score (nSPS) is 47.8. The highest BCUT2D eigenvalue weighted by Crippen LogP contribution is 2.54. The molecule has 192 valence electrons. The molecule has 0 bridgehead atoms. The number of nitrogens with two attached hydrogens (primary N) is 1. The minimum Gasteiger partial charge on any atom is -0.394 e. The highest BCUT2D eigenvalue weighted by Gasteiger charge is 2.74. The zero-order valence-electron chi connectivity index (χ0n) is 18.4. The molecule has 3 fully saturated rings. The smallest absolute Gasteiger partial charge is 0.218 e. The minimum atomic E-state index is -2.83. The maximum absolute atomic E-state index is 12.2. The summed E-state index contributed by atoms with van der Waals surface area (Å²) in [6.07, 6.45) is -13.9. The van der Waals surface area contributed by atoms with Crippen LogP contribution in [0.15, 0.2) is 0 Å². The monoisotopic (exact) mass is 481 g/mol. The largest absolute Gasteiger partial charge is 0.394 e. The fourth-order valence-corrected chi connectivity index (χ4v) is 5.48. The number of methoxy groups -OCH3 is 1. The molecule has 0 aromatic carbocycles. The predicted octanol–water partition coefficient (Wildman–Crippen LogP) is -4.28. The molecule has 0 aromatic rings. The Bertz CT molecular complexity index is 673. The quantitative estimate of drug-likeness (QED) is 0.173. The summed E-state index contributed by atoms with van der Waals surface area (Å²) in [5, 5.41) is 76.1. The van der Waals surface area contributed by atoms with Crippen LogP contribution in [0.4, 0.5) is 0 Å². The summed E-state index contributed by atoms with van der Waals surface area (Å²) in [6.45, 7) is -0.887. The lowest BCUT2D eigenvalue weighted by molar-refractivity contribution is -0.399. The summed E-state index contributed by atoms with van der Waals surface area (Å²) in [5.41, 5.74) is 0.172. The second-order valence-electron chi connectivity index (χ2n) is 9.03. The first-order chi connectivity index (χ1) is 15.6. The number of hydrogen-bond donors (Lipinski definition) is 8. The van der Waals surface area contributed by atoms with E-state index in [9.17, 15) is 40.5 Å². The van der Waals surface area contributed by atoms with Gasteiger partial charge in [0.15, 0.2) is 6.29 Å². The van der Waals surface area contributed by atoms with E-state index in [1.165, 1.54) is 0 Å². The molecular weight excluding hydrogens is 446 g/mol. The van der Waals surface area contributed by atoms with Crippen LogP contribution < -0.4 is 5.73 Å². The van der Waals surface area contributed by atoms with Crippen molar-refractivity contribution in [2.45, 2.75) is 86.4 Å². The molecular formula is C20H35NO12. The van der Waals surface area contributed by atoms with Crippen molar-refractivity contribution in [1.82, 2.24) is 0 Å². The fourth-order valence-electron chi connectivity index (χ4n) is 5.48. The van der Waals surface area contributed by atoms with Crippen molar-refractivity contribution in [3.05, 3.63) is 0 Å². The number of hydrogen-bond acceptors (Lipinski definition) is 12. The summed E-state index contributed by atoms with van der Waals surface area (Å²) in [6, 6.07) is 0. The first-order valence-electron chi connectivity index (χ1n) is 11.0. The van der Waals surface area contributed by atoms with Gasteiger partial charge in [-0.3, -0.25) is 4.79 Å². The van der Waals surface area contributed by atoms with E-state index < -0.39 is 91.7 Å². The number of aliphatic hydroxyl groups excluding tert-OH is 6. The summed E-state index contributed by atoms with van der Waals surface area (Å²) in [5.74, 6) is -1.07.